The number of sulfonamides is 2. The molecular weight excluding hydrogens is 514 g/mol. The van der Waals surface area contributed by atoms with Gasteiger partial charge in [-0.05, 0) is 66.9 Å². The quantitative estimate of drug-likeness (QED) is 0.436. The average molecular weight is 544 g/mol. The number of pyridine rings is 1. The standard InChI is InChI=1S/C26H29N3O6S2/c30-36(31,28-21-6-2-1-3-7-21)23-10-12-24(13-11-23)37(32,33)29(18-22-8-4-5-15-27-22)17-20-9-14-25-26(16-20)35-19-34-25/h4-5,8-16,21,28H,1-3,6-7,17-19H2. The minimum absolute atomic E-state index is 0.000732. The Morgan fingerprint density at radius 2 is 1.57 bits per heavy atom. The van der Waals surface area contributed by atoms with Gasteiger partial charge in [-0.3, -0.25) is 4.98 Å². The van der Waals surface area contributed by atoms with E-state index in [1.807, 2.05) is 0 Å². The van der Waals surface area contributed by atoms with Gasteiger partial charge in [0.25, 0.3) is 0 Å². The van der Waals surface area contributed by atoms with E-state index in [1.54, 1.807) is 42.6 Å². The van der Waals surface area contributed by atoms with Crippen molar-refractivity contribution in [3.05, 3.63) is 78.1 Å². The largest absolute Gasteiger partial charge is 0.454 e. The highest BCUT2D eigenvalue weighted by Crippen LogP contribution is 2.33. The second kappa shape index (κ2) is 10.8. The molecule has 1 aromatic heterocycles. The Balaban J connectivity index is 1.40. The summed E-state index contributed by atoms with van der Waals surface area (Å²) in [4.78, 5) is 4.33. The van der Waals surface area contributed by atoms with Gasteiger partial charge in [0.1, 0.15) is 0 Å². The zero-order valence-corrected chi connectivity index (χ0v) is 21.9. The SMILES string of the molecule is O=S(=O)(NC1CCCCC1)c1ccc(S(=O)(=O)N(Cc2ccc3c(c2)OCO3)Cc2ccccn2)cc1. The molecular formula is C26H29N3O6S2. The molecule has 0 amide bonds. The first kappa shape index (κ1) is 25.7. The van der Waals surface area contributed by atoms with Crippen molar-refractivity contribution >= 4 is 20.0 Å². The summed E-state index contributed by atoms with van der Waals surface area (Å²) in [6, 6.07) is 15.9. The molecule has 5 rings (SSSR count). The molecule has 2 aromatic carbocycles. The van der Waals surface area contributed by atoms with Crippen LogP contribution in [0.2, 0.25) is 0 Å². The van der Waals surface area contributed by atoms with Gasteiger partial charge in [-0.2, -0.15) is 4.31 Å². The number of hydrogen-bond donors (Lipinski definition) is 1. The van der Waals surface area contributed by atoms with Crippen LogP contribution in [0.5, 0.6) is 11.5 Å². The first-order chi connectivity index (χ1) is 17.8. The highest BCUT2D eigenvalue weighted by Gasteiger charge is 2.28. The maximum Gasteiger partial charge on any atom is 0.243 e. The summed E-state index contributed by atoms with van der Waals surface area (Å²) in [5.41, 5.74) is 1.31. The number of rotatable bonds is 9. The first-order valence-corrected chi connectivity index (χ1v) is 15.1. The lowest BCUT2D eigenvalue weighted by Crippen LogP contribution is -2.36. The van der Waals surface area contributed by atoms with Gasteiger partial charge < -0.3 is 9.47 Å². The molecule has 0 bridgehead atoms. The van der Waals surface area contributed by atoms with Gasteiger partial charge in [-0.1, -0.05) is 31.4 Å². The van der Waals surface area contributed by atoms with Crippen LogP contribution in [0.15, 0.2) is 76.7 Å². The summed E-state index contributed by atoms with van der Waals surface area (Å²) in [5.74, 6) is 1.18. The predicted octanol–water partition coefficient (Wildman–Crippen LogP) is 3.81. The van der Waals surface area contributed by atoms with Crippen molar-refractivity contribution in [2.24, 2.45) is 0 Å². The molecule has 0 radical (unpaired) electrons. The third-order valence-electron chi connectivity index (χ3n) is 6.56. The van der Waals surface area contributed by atoms with E-state index in [0.29, 0.717) is 17.2 Å². The van der Waals surface area contributed by atoms with Gasteiger partial charge in [-0.15, -0.1) is 0 Å². The van der Waals surface area contributed by atoms with Gasteiger partial charge in [0, 0.05) is 18.8 Å². The van der Waals surface area contributed by atoms with Gasteiger partial charge in [-0.25, -0.2) is 21.6 Å². The van der Waals surface area contributed by atoms with Crippen molar-refractivity contribution < 1.29 is 26.3 Å². The van der Waals surface area contributed by atoms with Crippen LogP contribution in [0.1, 0.15) is 43.4 Å². The van der Waals surface area contributed by atoms with E-state index in [4.69, 9.17) is 9.47 Å². The predicted molar refractivity (Wildman–Crippen MR) is 137 cm³/mol. The number of hydrogen-bond acceptors (Lipinski definition) is 7. The van der Waals surface area contributed by atoms with Crippen molar-refractivity contribution in [1.29, 1.82) is 0 Å². The van der Waals surface area contributed by atoms with Crippen LogP contribution in [0.25, 0.3) is 0 Å². The third kappa shape index (κ3) is 5.96. The third-order valence-corrected chi connectivity index (χ3v) is 9.90. The molecule has 1 saturated carbocycles. The molecule has 2 aliphatic rings. The molecule has 0 spiro atoms. The molecule has 37 heavy (non-hydrogen) atoms. The van der Waals surface area contributed by atoms with Crippen LogP contribution in [0.3, 0.4) is 0 Å². The Bertz CT molecular complexity index is 1440. The Hall–Kier alpha value is -2.99. The number of aromatic nitrogens is 1. The minimum atomic E-state index is -3.99. The van der Waals surface area contributed by atoms with Crippen LogP contribution in [-0.2, 0) is 33.1 Å². The van der Waals surface area contributed by atoms with Gasteiger partial charge >= 0.3 is 0 Å². The van der Waals surface area contributed by atoms with Crippen molar-refractivity contribution in [1.82, 2.24) is 14.0 Å². The lowest BCUT2D eigenvalue weighted by molar-refractivity contribution is 0.174. The number of fused-ring (bicyclic) bond motifs is 1. The molecule has 0 atom stereocenters. The molecule has 196 valence electrons. The highest BCUT2D eigenvalue weighted by molar-refractivity contribution is 7.89. The maximum atomic E-state index is 13.7. The number of nitrogens with zero attached hydrogens (tertiary/aromatic N) is 2. The molecule has 3 aromatic rings. The molecule has 9 nitrogen and oxygen atoms in total. The fourth-order valence-electron chi connectivity index (χ4n) is 4.59. The molecule has 0 unspecified atom stereocenters. The van der Waals surface area contributed by atoms with E-state index >= 15 is 0 Å². The van der Waals surface area contributed by atoms with E-state index in [-0.39, 0.29) is 35.7 Å². The van der Waals surface area contributed by atoms with E-state index in [1.165, 1.54) is 28.6 Å². The van der Waals surface area contributed by atoms with Crippen LogP contribution >= 0.6 is 0 Å². The van der Waals surface area contributed by atoms with E-state index in [0.717, 1.165) is 37.7 Å². The van der Waals surface area contributed by atoms with E-state index in [9.17, 15) is 16.8 Å². The highest BCUT2D eigenvalue weighted by atomic mass is 32.2. The lowest BCUT2D eigenvalue weighted by Gasteiger charge is -2.23. The minimum Gasteiger partial charge on any atom is -0.454 e. The van der Waals surface area contributed by atoms with Crippen molar-refractivity contribution in [2.45, 2.75) is 61.0 Å². The summed E-state index contributed by atoms with van der Waals surface area (Å²) in [7, 11) is -7.73. The van der Waals surface area contributed by atoms with Crippen molar-refractivity contribution in [2.75, 3.05) is 6.79 Å². The van der Waals surface area contributed by atoms with Crippen LogP contribution in [0, 0.1) is 0 Å². The summed E-state index contributed by atoms with van der Waals surface area (Å²) in [5, 5.41) is 0. The van der Waals surface area contributed by atoms with E-state index in [2.05, 4.69) is 9.71 Å². The summed E-state index contributed by atoms with van der Waals surface area (Å²) < 4.78 is 68.1. The number of ether oxygens (including phenoxy) is 2. The fourth-order valence-corrected chi connectivity index (χ4v) is 7.29. The smallest absolute Gasteiger partial charge is 0.243 e. The summed E-state index contributed by atoms with van der Waals surface area (Å²) >= 11 is 0. The zero-order valence-electron chi connectivity index (χ0n) is 20.2. The van der Waals surface area contributed by atoms with Crippen molar-refractivity contribution in [3.63, 3.8) is 0 Å². The Morgan fingerprint density at radius 3 is 2.30 bits per heavy atom. The molecule has 2 heterocycles. The topological polar surface area (TPSA) is 115 Å². The van der Waals surface area contributed by atoms with Crippen LogP contribution < -0.4 is 14.2 Å². The van der Waals surface area contributed by atoms with Crippen LogP contribution in [-0.4, -0.2) is 39.0 Å². The van der Waals surface area contributed by atoms with Gasteiger partial charge in [0.05, 0.1) is 22.0 Å². The van der Waals surface area contributed by atoms with Crippen molar-refractivity contribution in [3.8, 4) is 11.5 Å². The molecule has 11 heteroatoms. The molecule has 0 saturated heterocycles. The van der Waals surface area contributed by atoms with Gasteiger partial charge in [0.15, 0.2) is 11.5 Å². The molecule has 1 fully saturated rings. The second-order valence-electron chi connectivity index (χ2n) is 9.21. The molecule has 1 N–H and O–H groups in total. The zero-order chi connectivity index (χ0) is 25.9. The lowest BCUT2D eigenvalue weighted by atomic mass is 9.96. The fraction of sp³-hybridized carbons (Fsp3) is 0.346. The summed E-state index contributed by atoms with van der Waals surface area (Å²) in [6.45, 7) is 0.235. The average Bonchev–Trinajstić information content (AvgIpc) is 3.37. The Morgan fingerprint density at radius 1 is 0.838 bits per heavy atom. The Kier molecular flexibility index (Phi) is 7.47. The van der Waals surface area contributed by atoms with Gasteiger partial charge in [0.2, 0.25) is 26.8 Å². The Labute approximate surface area is 217 Å². The van der Waals surface area contributed by atoms with E-state index < -0.39 is 20.0 Å². The molecule has 1 aliphatic carbocycles. The second-order valence-corrected chi connectivity index (χ2v) is 12.9. The monoisotopic (exact) mass is 543 g/mol. The maximum absolute atomic E-state index is 13.7. The summed E-state index contributed by atoms with van der Waals surface area (Å²) in [6.07, 6.45) is 6.35. The first-order valence-electron chi connectivity index (χ1n) is 12.2. The number of nitrogens with one attached hydrogen (secondary N) is 1. The normalized spacial score (nSPS) is 16.2. The number of benzene rings is 2. The van der Waals surface area contributed by atoms with Crippen LogP contribution in [0.4, 0.5) is 0 Å². The molecule has 1 aliphatic heterocycles.